The number of rotatable bonds is 3. The molecule has 0 aliphatic rings. The summed E-state index contributed by atoms with van der Waals surface area (Å²) >= 11 is 0. The van der Waals surface area contributed by atoms with Gasteiger partial charge in [0, 0.05) is 5.92 Å². The van der Waals surface area contributed by atoms with Crippen LogP contribution in [0.3, 0.4) is 0 Å². The third-order valence-corrected chi connectivity index (χ3v) is 2.28. The van der Waals surface area contributed by atoms with Crippen LogP contribution >= 0.6 is 0 Å². The maximum absolute atomic E-state index is 12.4. The number of nitrogens with two attached hydrogens (primary N) is 1. The van der Waals surface area contributed by atoms with Crippen LogP contribution in [0.5, 0.6) is 0 Å². The summed E-state index contributed by atoms with van der Waals surface area (Å²) in [5.41, 5.74) is 4.80. The van der Waals surface area contributed by atoms with Crippen LogP contribution in [0.1, 0.15) is 18.1 Å². The molecule has 2 nitrogen and oxygen atoms in total. The average Bonchev–Trinajstić information content (AvgIpc) is 2.16. The number of primary amides is 1. The molecule has 0 radical (unpaired) electrons. The lowest BCUT2D eigenvalue weighted by molar-refractivity contribution is -0.137. The van der Waals surface area contributed by atoms with E-state index in [1.165, 1.54) is 6.07 Å². The first-order chi connectivity index (χ1) is 7.30. The zero-order valence-electron chi connectivity index (χ0n) is 8.71. The Hall–Kier alpha value is -1.52. The number of hydrogen-bond donors (Lipinski definition) is 1. The number of halogens is 3. The van der Waals surface area contributed by atoms with Gasteiger partial charge in [-0.15, -0.1) is 0 Å². The van der Waals surface area contributed by atoms with Crippen LogP contribution in [-0.2, 0) is 17.4 Å². The molecule has 5 heteroatoms. The molecule has 0 aromatic heterocycles. The highest BCUT2D eigenvalue weighted by Gasteiger charge is 2.30. The van der Waals surface area contributed by atoms with Gasteiger partial charge in [-0.1, -0.05) is 25.1 Å². The molecule has 0 fully saturated rings. The first-order valence-electron chi connectivity index (χ1n) is 4.76. The van der Waals surface area contributed by atoms with E-state index in [0.717, 1.165) is 12.1 Å². The maximum atomic E-state index is 12.4. The third kappa shape index (κ3) is 3.25. The van der Waals surface area contributed by atoms with Crippen LogP contribution < -0.4 is 5.73 Å². The number of hydrogen-bond acceptors (Lipinski definition) is 1. The van der Waals surface area contributed by atoms with Gasteiger partial charge in [-0.25, -0.2) is 0 Å². The molecule has 0 heterocycles. The minimum absolute atomic E-state index is 0.221. The van der Waals surface area contributed by atoms with Gasteiger partial charge in [0.2, 0.25) is 5.91 Å². The predicted molar refractivity (Wildman–Crippen MR) is 53.5 cm³/mol. The molecular weight excluding hydrogens is 219 g/mol. The fourth-order valence-corrected chi connectivity index (χ4v) is 1.33. The van der Waals surface area contributed by atoms with Crippen LogP contribution in [0.4, 0.5) is 13.2 Å². The Morgan fingerprint density at radius 1 is 1.44 bits per heavy atom. The molecule has 1 rings (SSSR count). The Morgan fingerprint density at radius 2 is 2.06 bits per heavy atom. The van der Waals surface area contributed by atoms with Crippen LogP contribution in [0.2, 0.25) is 0 Å². The summed E-state index contributed by atoms with van der Waals surface area (Å²) in [6, 6.07) is 4.92. The van der Waals surface area contributed by atoms with Crippen LogP contribution in [-0.4, -0.2) is 5.91 Å². The van der Waals surface area contributed by atoms with E-state index in [2.05, 4.69) is 0 Å². The molecule has 0 aliphatic carbocycles. The standard InChI is InChI=1S/C11H12F3NO/c1-7(10(15)16)5-8-3-2-4-9(6-8)11(12,13)14/h2-4,6-7H,5H2,1H3,(H2,15,16). The summed E-state index contributed by atoms with van der Waals surface area (Å²) in [5, 5.41) is 0. The molecule has 0 saturated carbocycles. The minimum Gasteiger partial charge on any atom is -0.369 e. The summed E-state index contributed by atoms with van der Waals surface area (Å²) in [4.78, 5) is 10.8. The van der Waals surface area contributed by atoms with Gasteiger partial charge in [0.05, 0.1) is 5.56 Å². The SMILES string of the molecule is CC(Cc1cccc(C(F)(F)F)c1)C(N)=O. The van der Waals surface area contributed by atoms with Crippen LogP contribution in [0, 0.1) is 5.92 Å². The number of amides is 1. The van der Waals surface area contributed by atoms with Crippen molar-refractivity contribution in [3.05, 3.63) is 35.4 Å². The monoisotopic (exact) mass is 231 g/mol. The van der Waals surface area contributed by atoms with Crippen molar-refractivity contribution >= 4 is 5.91 Å². The Morgan fingerprint density at radius 3 is 2.56 bits per heavy atom. The molecule has 0 saturated heterocycles. The van der Waals surface area contributed by atoms with Gasteiger partial charge in [0.1, 0.15) is 0 Å². The lowest BCUT2D eigenvalue weighted by Crippen LogP contribution is -2.22. The van der Waals surface area contributed by atoms with Crippen molar-refractivity contribution < 1.29 is 18.0 Å². The van der Waals surface area contributed by atoms with Crippen LogP contribution in [0.15, 0.2) is 24.3 Å². The summed E-state index contributed by atoms with van der Waals surface area (Å²) < 4.78 is 37.1. The molecule has 88 valence electrons. The highest BCUT2D eigenvalue weighted by atomic mass is 19.4. The molecule has 1 aromatic rings. The largest absolute Gasteiger partial charge is 0.416 e. The van der Waals surface area contributed by atoms with Crippen molar-refractivity contribution in [1.29, 1.82) is 0 Å². The van der Waals surface area contributed by atoms with E-state index in [-0.39, 0.29) is 6.42 Å². The normalized spacial score (nSPS) is 13.5. The van der Waals surface area contributed by atoms with Crippen molar-refractivity contribution in [3.63, 3.8) is 0 Å². The van der Waals surface area contributed by atoms with Crippen molar-refractivity contribution in [1.82, 2.24) is 0 Å². The van der Waals surface area contributed by atoms with Gasteiger partial charge in [0.25, 0.3) is 0 Å². The van der Waals surface area contributed by atoms with E-state index in [1.54, 1.807) is 13.0 Å². The number of carbonyl (C=O) groups excluding carboxylic acids is 1. The van der Waals surface area contributed by atoms with E-state index in [9.17, 15) is 18.0 Å². The highest BCUT2D eigenvalue weighted by Crippen LogP contribution is 2.29. The van der Waals surface area contributed by atoms with Gasteiger partial charge in [-0.05, 0) is 18.1 Å². The lowest BCUT2D eigenvalue weighted by Gasteiger charge is -2.10. The summed E-state index contributed by atoms with van der Waals surface area (Å²) in [5.74, 6) is -0.985. The quantitative estimate of drug-likeness (QED) is 0.852. The molecule has 1 unspecified atom stereocenters. The van der Waals surface area contributed by atoms with E-state index in [0.29, 0.717) is 5.56 Å². The summed E-state index contributed by atoms with van der Waals surface area (Å²) in [7, 11) is 0. The third-order valence-electron chi connectivity index (χ3n) is 2.28. The topological polar surface area (TPSA) is 43.1 Å². The summed E-state index contributed by atoms with van der Waals surface area (Å²) in [6.45, 7) is 1.59. The van der Waals surface area contributed by atoms with Crippen LogP contribution in [0.25, 0.3) is 0 Å². The zero-order valence-corrected chi connectivity index (χ0v) is 8.71. The Labute approximate surface area is 91.3 Å². The van der Waals surface area contributed by atoms with Gasteiger partial charge < -0.3 is 5.73 Å². The molecule has 1 amide bonds. The maximum Gasteiger partial charge on any atom is 0.416 e. The molecule has 1 atom stereocenters. The molecule has 1 aromatic carbocycles. The molecule has 16 heavy (non-hydrogen) atoms. The van der Waals surface area contributed by atoms with E-state index >= 15 is 0 Å². The Balaban J connectivity index is 2.87. The van der Waals surface area contributed by atoms with Gasteiger partial charge >= 0.3 is 6.18 Å². The average molecular weight is 231 g/mol. The Kier molecular flexibility index (Phi) is 3.57. The second-order valence-corrected chi connectivity index (χ2v) is 3.71. The van der Waals surface area contributed by atoms with E-state index in [4.69, 9.17) is 5.73 Å². The molecular formula is C11H12F3NO. The predicted octanol–water partition coefficient (Wildman–Crippen LogP) is 2.37. The number of carbonyl (C=O) groups is 1. The second kappa shape index (κ2) is 4.55. The second-order valence-electron chi connectivity index (χ2n) is 3.71. The van der Waals surface area contributed by atoms with Crippen molar-refractivity contribution in [2.75, 3.05) is 0 Å². The molecule has 0 spiro atoms. The van der Waals surface area contributed by atoms with Crippen molar-refractivity contribution in [2.24, 2.45) is 11.7 Å². The van der Waals surface area contributed by atoms with Gasteiger partial charge in [-0.2, -0.15) is 13.2 Å². The lowest BCUT2D eigenvalue weighted by atomic mass is 9.99. The zero-order chi connectivity index (χ0) is 12.3. The van der Waals surface area contributed by atoms with E-state index < -0.39 is 23.6 Å². The highest BCUT2D eigenvalue weighted by molar-refractivity contribution is 5.76. The first kappa shape index (κ1) is 12.5. The van der Waals surface area contributed by atoms with Gasteiger partial charge in [-0.3, -0.25) is 4.79 Å². The van der Waals surface area contributed by atoms with E-state index in [1.807, 2.05) is 0 Å². The number of benzene rings is 1. The fourth-order valence-electron chi connectivity index (χ4n) is 1.33. The van der Waals surface area contributed by atoms with Crippen molar-refractivity contribution in [3.8, 4) is 0 Å². The molecule has 2 N–H and O–H groups in total. The first-order valence-corrected chi connectivity index (χ1v) is 4.76. The molecule has 0 bridgehead atoms. The minimum atomic E-state index is -4.36. The van der Waals surface area contributed by atoms with Crippen molar-refractivity contribution in [2.45, 2.75) is 19.5 Å². The molecule has 0 aliphatic heterocycles. The summed E-state index contributed by atoms with van der Waals surface area (Å²) in [6.07, 6.45) is -4.13. The number of alkyl halides is 3. The van der Waals surface area contributed by atoms with Gasteiger partial charge in [0.15, 0.2) is 0 Å². The fraction of sp³-hybridized carbons (Fsp3) is 0.364. The smallest absolute Gasteiger partial charge is 0.369 e. The Bertz CT molecular complexity index is 387.